The zero-order chi connectivity index (χ0) is 13.9. The first-order valence-electron chi connectivity index (χ1n) is 7.44. The van der Waals surface area contributed by atoms with E-state index in [0.29, 0.717) is 11.4 Å². The maximum Gasteiger partial charge on any atom is 0.0489 e. The quantitative estimate of drug-likeness (QED) is 0.796. The molecule has 0 spiro atoms. The Morgan fingerprint density at radius 1 is 1.11 bits per heavy atom. The summed E-state index contributed by atoms with van der Waals surface area (Å²) in [4.78, 5) is 0. The van der Waals surface area contributed by atoms with Crippen LogP contribution in [0.5, 0.6) is 0 Å². The van der Waals surface area contributed by atoms with Crippen LogP contribution in [0.25, 0.3) is 0 Å². The van der Waals surface area contributed by atoms with Gasteiger partial charge in [-0.1, -0.05) is 57.9 Å². The van der Waals surface area contributed by atoms with Crippen molar-refractivity contribution < 1.29 is 0 Å². The first-order valence-corrected chi connectivity index (χ1v) is 7.87. The van der Waals surface area contributed by atoms with Crippen LogP contribution in [0.3, 0.4) is 0 Å². The maximum absolute atomic E-state index is 6.37. The van der Waals surface area contributed by atoms with Crippen LogP contribution in [-0.2, 0) is 12.0 Å². The Labute approximate surface area is 122 Å². The number of benzene rings is 1. The lowest BCUT2D eigenvalue weighted by Crippen LogP contribution is -2.38. The zero-order valence-electron chi connectivity index (χ0n) is 12.4. The highest BCUT2D eigenvalue weighted by atomic mass is 35.5. The summed E-state index contributed by atoms with van der Waals surface area (Å²) in [6, 6.07) is 9.45. The average molecular weight is 280 g/mol. The number of rotatable bonds is 3. The molecule has 1 aromatic rings. The molecule has 1 aliphatic carbocycles. The minimum absolute atomic E-state index is 0.233. The van der Waals surface area contributed by atoms with E-state index in [2.05, 4.69) is 50.4 Å². The van der Waals surface area contributed by atoms with Crippen LogP contribution in [0.2, 0.25) is 0 Å². The van der Waals surface area contributed by atoms with E-state index in [1.54, 1.807) is 0 Å². The molecule has 19 heavy (non-hydrogen) atoms. The summed E-state index contributed by atoms with van der Waals surface area (Å²) >= 11 is 6.37. The highest BCUT2D eigenvalue weighted by Crippen LogP contribution is 2.24. The van der Waals surface area contributed by atoms with Crippen LogP contribution in [0.4, 0.5) is 0 Å². The molecule has 1 fully saturated rings. The smallest absolute Gasteiger partial charge is 0.0489 e. The fourth-order valence-electron chi connectivity index (χ4n) is 2.69. The van der Waals surface area contributed by atoms with Gasteiger partial charge in [-0.2, -0.15) is 0 Å². The number of hydrogen-bond donors (Lipinski definition) is 1. The lowest BCUT2D eigenvalue weighted by atomic mass is 9.86. The van der Waals surface area contributed by atoms with Crippen LogP contribution >= 0.6 is 11.6 Å². The molecular formula is C17H26ClN. The Bertz CT molecular complexity index is 391. The third-order valence-electron chi connectivity index (χ3n) is 4.07. The summed E-state index contributed by atoms with van der Waals surface area (Å²) in [6.07, 6.45) is 4.97. The lowest BCUT2D eigenvalue weighted by Gasteiger charge is -2.28. The largest absolute Gasteiger partial charge is 0.308 e. The Hall–Kier alpha value is -0.530. The highest BCUT2D eigenvalue weighted by molar-refractivity contribution is 6.21. The van der Waals surface area contributed by atoms with Crippen LogP contribution in [0.15, 0.2) is 24.3 Å². The topological polar surface area (TPSA) is 12.0 Å². The third kappa shape index (κ3) is 4.22. The van der Waals surface area contributed by atoms with E-state index in [1.807, 2.05) is 0 Å². The predicted molar refractivity (Wildman–Crippen MR) is 83.9 cm³/mol. The molecule has 1 nitrogen and oxygen atoms in total. The molecule has 2 atom stereocenters. The molecule has 0 radical (unpaired) electrons. The molecule has 106 valence electrons. The van der Waals surface area contributed by atoms with Crippen molar-refractivity contribution in [3.8, 4) is 0 Å². The Kier molecular flexibility index (Phi) is 4.92. The van der Waals surface area contributed by atoms with Crippen molar-refractivity contribution in [2.45, 2.75) is 69.8 Å². The molecule has 0 amide bonds. The van der Waals surface area contributed by atoms with E-state index in [4.69, 9.17) is 11.6 Å². The summed E-state index contributed by atoms with van der Waals surface area (Å²) in [5, 5.41) is 3.92. The highest BCUT2D eigenvalue weighted by Gasteiger charge is 2.22. The standard InChI is InChI=1S/C17H26ClN/c1-17(2,3)14-10-8-13(9-11-14)12-19-16-7-5-4-6-15(16)18/h8-11,15-16,19H,4-7,12H2,1-3H3. The van der Waals surface area contributed by atoms with Gasteiger partial charge in [0, 0.05) is 18.0 Å². The fraction of sp³-hybridized carbons (Fsp3) is 0.647. The van der Waals surface area contributed by atoms with Gasteiger partial charge in [0.1, 0.15) is 0 Å². The van der Waals surface area contributed by atoms with Crippen LogP contribution in [0.1, 0.15) is 57.6 Å². The minimum atomic E-state index is 0.233. The summed E-state index contributed by atoms with van der Waals surface area (Å²) in [6.45, 7) is 7.68. The number of halogens is 1. The first kappa shape index (κ1) is 14.9. The van der Waals surface area contributed by atoms with Gasteiger partial charge in [0.25, 0.3) is 0 Å². The van der Waals surface area contributed by atoms with E-state index in [1.165, 1.54) is 30.4 Å². The van der Waals surface area contributed by atoms with E-state index in [-0.39, 0.29) is 5.41 Å². The number of nitrogens with one attached hydrogen (secondary N) is 1. The van der Waals surface area contributed by atoms with Crippen molar-refractivity contribution >= 4 is 11.6 Å². The van der Waals surface area contributed by atoms with Gasteiger partial charge in [0.15, 0.2) is 0 Å². The normalized spacial score (nSPS) is 24.4. The molecule has 2 heteroatoms. The molecule has 0 saturated heterocycles. The van der Waals surface area contributed by atoms with Gasteiger partial charge in [-0.15, -0.1) is 11.6 Å². The second-order valence-corrected chi connectivity index (χ2v) is 7.30. The van der Waals surface area contributed by atoms with Gasteiger partial charge in [-0.05, 0) is 29.4 Å². The van der Waals surface area contributed by atoms with E-state index < -0.39 is 0 Å². The van der Waals surface area contributed by atoms with Gasteiger partial charge in [0.2, 0.25) is 0 Å². The SMILES string of the molecule is CC(C)(C)c1ccc(CNC2CCCCC2Cl)cc1. The molecule has 1 saturated carbocycles. The molecule has 0 bridgehead atoms. The van der Waals surface area contributed by atoms with Gasteiger partial charge in [-0.25, -0.2) is 0 Å². The average Bonchev–Trinajstić information content (AvgIpc) is 2.37. The summed E-state index contributed by atoms with van der Waals surface area (Å²) in [7, 11) is 0. The molecule has 0 aromatic heterocycles. The Morgan fingerprint density at radius 2 is 1.74 bits per heavy atom. The van der Waals surface area contributed by atoms with Crippen molar-refractivity contribution in [1.29, 1.82) is 0 Å². The minimum Gasteiger partial charge on any atom is -0.308 e. The molecule has 2 unspecified atom stereocenters. The predicted octanol–water partition coefficient (Wildman–Crippen LogP) is 4.62. The summed E-state index contributed by atoms with van der Waals surface area (Å²) < 4.78 is 0. The van der Waals surface area contributed by atoms with Crippen molar-refractivity contribution in [2.24, 2.45) is 0 Å². The van der Waals surface area contributed by atoms with Crippen molar-refractivity contribution in [2.75, 3.05) is 0 Å². The van der Waals surface area contributed by atoms with Gasteiger partial charge >= 0.3 is 0 Å². The monoisotopic (exact) mass is 279 g/mol. The first-order chi connectivity index (χ1) is 8.97. The zero-order valence-corrected chi connectivity index (χ0v) is 13.1. The molecular weight excluding hydrogens is 254 g/mol. The van der Waals surface area contributed by atoms with E-state index >= 15 is 0 Å². The molecule has 0 heterocycles. The molecule has 0 aliphatic heterocycles. The van der Waals surface area contributed by atoms with Gasteiger partial charge in [0.05, 0.1) is 0 Å². The van der Waals surface area contributed by atoms with E-state index in [9.17, 15) is 0 Å². The van der Waals surface area contributed by atoms with Gasteiger partial charge in [-0.3, -0.25) is 0 Å². The van der Waals surface area contributed by atoms with E-state index in [0.717, 1.165) is 13.0 Å². The fourth-order valence-corrected chi connectivity index (χ4v) is 3.06. The second-order valence-electron chi connectivity index (χ2n) is 6.73. The molecule has 2 rings (SSSR count). The third-order valence-corrected chi connectivity index (χ3v) is 4.59. The molecule has 1 N–H and O–H groups in total. The Balaban J connectivity index is 1.89. The van der Waals surface area contributed by atoms with Crippen LogP contribution in [-0.4, -0.2) is 11.4 Å². The van der Waals surface area contributed by atoms with Gasteiger partial charge < -0.3 is 5.32 Å². The van der Waals surface area contributed by atoms with Crippen LogP contribution < -0.4 is 5.32 Å². The second kappa shape index (κ2) is 6.28. The lowest BCUT2D eigenvalue weighted by molar-refractivity contribution is 0.378. The maximum atomic E-state index is 6.37. The Morgan fingerprint density at radius 3 is 2.32 bits per heavy atom. The summed E-state index contributed by atoms with van der Waals surface area (Å²) in [5.74, 6) is 0. The van der Waals surface area contributed by atoms with Crippen molar-refractivity contribution in [1.82, 2.24) is 5.32 Å². The number of alkyl halides is 1. The number of hydrogen-bond acceptors (Lipinski definition) is 1. The summed E-state index contributed by atoms with van der Waals surface area (Å²) in [5.41, 5.74) is 2.97. The van der Waals surface area contributed by atoms with Crippen LogP contribution in [0, 0.1) is 0 Å². The molecule has 1 aromatic carbocycles. The molecule has 1 aliphatic rings. The van der Waals surface area contributed by atoms with Crippen molar-refractivity contribution in [3.05, 3.63) is 35.4 Å². The van der Waals surface area contributed by atoms with Crippen molar-refractivity contribution in [3.63, 3.8) is 0 Å².